The first-order valence-electron chi connectivity index (χ1n) is 11.7. The van der Waals surface area contributed by atoms with Crippen molar-refractivity contribution >= 4 is 34.4 Å². The normalized spacial score (nSPS) is 13.9. The Balaban J connectivity index is 1.36. The van der Waals surface area contributed by atoms with Crippen molar-refractivity contribution in [2.24, 2.45) is 0 Å². The highest BCUT2D eigenvalue weighted by Gasteiger charge is 2.23. The number of fused-ring (bicyclic) bond motifs is 1. The minimum absolute atomic E-state index is 0.0460. The van der Waals surface area contributed by atoms with Crippen molar-refractivity contribution in [2.75, 3.05) is 36.8 Å². The van der Waals surface area contributed by atoms with Gasteiger partial charge in [0.05, 0.1) is 22.3 Å². The van der Waals surface area contributed by atoms with E-state index in [9.17, 15) is 9.59 Å². The summed E-state index contributed by atoms with van der Waals surface area (Å²) < 4.78 is 1.63. The zero-order valence-electron chi connectivity index (χ0n) is 19.8. The maximum Gasteiger partial charge on any atom is 0.266 e. The van der Waals surface area contributed by atoms with Gasteiger partial charge in [-0.15, -0.1) is 0 Å². The molecule has 0 atom stereocenters. The second kappa shape index (κ2) is 9.92. The van der Waals surface area contributed by atoms with Crippen molar-refractivity contribution in [3.63, 3.8) is 0 Å². The lowest BCUT2D eigenvalue weighted by Crippen LogP contribution is -2.49. The predicted octanol–water partition coefficient (Wildman–Crippen LogP) is 3.84. The van der Waals surface area contributed by atoms with E-state index in [0.29, 0.717) is 29.1 Å². The number of hydrogen-bond donors (Lipinski definition) is 0. The molecule has 1 saturated heterocycles. The molecule has 4 aromatic rings. The Morgan fingerprint density at radius 1 is 0.943 bits per heavy atom. The summed E-state index contributed by atoms with van der Waals surface area (Å²) in [4.78, 5) is 39.8. The van der Waals surface area contributed by atoms with Gasteiger partial charge in [0.2, 0.25) is 5.91 Å². The number of hydrogen-bond acceptors (Lipinski definition) is 6. The molecule has 3 heterocycles. The van der Waals surface area contributed by atoms with Crippen LogP contribution in [0.2, 0.25) is 0 Å². The van der Waals surface area contributed by atoms with Gasteiger partial charge >= 0.3 is 0 Å². The van der Waals surface area contributed by atoms with Gasteiger partial charge in [-0.2, -0.15) is 0 Å². The van der Waals surface area contributed by atoms with Crippen LogP contribution < -0.4 is 10.5 Å². The van der Waals surface area contributed by atoms with E-state index in [1.807, 2.05) is 73.3 Å². The molecule has 1 aliphatic rings. The number of aryl methyl sites for hydroxylation is 2. The largest absolute Gasteiger partial charge is 0.353 e. The van der Waals surface area contributed by atoms with Crippen LogP contribution in [0.15, 0.2) is 76.8 Å². The van der Waals surface area contributed by atoms with Gasteiger partial charge in [0.25, 0.3) is 5.56 Å². The predicted molar refractivity (Wildman–Crippen MR) is 141 cm³/mol. The van der Waals surface area contributed by atoms with Crippen LogP contribution in [0.1, 0.15) is 11.1 Å². The highest BCUT2D eigenvalue weighted by Crippen LogP contribution is 2.23. The molecule has 35 heavy (non-hydrogen) atoms. The zero-order valence-corrected chi connectivity index (χ0v) is 20.7. The number of piperazine rings is 1. The van der Waals surface area contributed by atoms with Gasteiger partial charge in [-0.25, -0.2) is 9.97 Å². The summed E-state index contributed by atoms with van der Waals surface area (Å²) in [6, 6.07) is 19.2. The first-order chi connectivity index (χ1) is 17.0. The number of pyridine rings is 1. The van der Waals surface area contributed by atoms with Crippen molar-refractivity contribution < 1.29 is 4.79 Å². The summed E-state index contributed by atoms with van der Waals surface area (Å²) in [5, 5.41) is 1.09. The fraction of sp³-hybridized carbons (Fsp3) is 0.259. The molecule has 7 nitrogen and oxygen atoms in total. The van der Waals surface area contributed by atoms with Crippen LogP contribution in [0.3, 0.4) is 0 Å². The SMILES string of the molecule is Cc1ccc(-n2c(SCC(=O)N3CCN(c4ccccn4)CC3)nc3ccccc3c2=O)cc1C. The van der Waals surface area contributed by atoms with Gasteiger partial charge in [0.15, 0.2) is 5.16 Å². The number of nitrogens with zero attached hydrogens (tertiary/aromatic N) is 5. The summed E-state index contributed by atoms with van der Waals surface area (Å²) in [6.07, 6.45) is 1.79. The van der Waals surface area contributed by atoms with Crippen molar-refractivity contribution in [1.82, 2.24) is 19.4 Å². The molecule has 0 saturated carbocycles. The Morgan fingerprint density at radius 3 is 2.46 bits per heavy atom. The van der Waals surface area contributed by atoms with Crippen molar-refractivity contribution in [2.45, 2.75) is 19.0 Å². The number of anilines is 1. The Labute approximate surface area is 208 Å². The summed E-state index contributed by atoms with van der Waals surface area (Å²) >= 11 is 1.31. The molecule has 178 valence electrons. The van der Waals surface area contributed by atoms with Gasteiger partial charge in [-0.1, -0.05) is 36.0 Å². The smallest absolute Gasteiger partial charge is 0.266 e. The quantitative estimate of drug-likeness (QED) is 0.316. The van der Waals surface area contributed by atoms with Gasteiger partial charge in [0.1, 0.15) is 5.82 Å². The van der Waals surface area contributed by atoms with Crippen LogP contribution >= 0.6 is 11.8 Å². The average Bonchev–Trinajstić information content (AvgIpc) is 2.90. The van der Waals surface area contributed by atoms with Crippen molar-refractivity contribution in [3.8, 4) is 5.69 Å². The lowest BCUT2D eigenvalue weighted by Gasteiger charge is -2.35. The number of carbonyl (C=O) groups is 1. The third kappa shape index (κ3) is 4.79. The Kier molecular flexibility index (Phi) is 6.55. The van der Waals surface area contributed by atoms with Gasteiger partial charge < -0.3 is 9.80 Å². The molecule has 0 radical (unpaired) electrons. The molecule has 1 fully saturated rings. The molecule has 0 unspecified atom stereocenters. The minimum Gasteiger partial charge on any atom is -0.353 e. The van der Waals surface area contributed by atoms with E-state index in [1.165, 1.54) is 11.8 Å². The third-order valence-corrected chi connectivity index (χ3v) is 7.35. The third-order valence-electron chi connectivity index (χ3n) is 6.42. The fourth-order valence-electron chi connectivity index (χ4n) is 4.24. The van der Waals surface area contributed by atoms with E-state index < -0.39 is 0 Å². The minimum atomic E-state index is -0.127. The van der Waals surface area contributed by atoms with Gasteiger partial charge in [-0.05, 0) is 61.4 Å². The first-order valence-corrected chi connectivity index (χ1v) is 12.7. The van der Waals surface area contributed by atoms with Gasteiger partial charge in [-0.3, -0.25) is 14.2 Å². The molecule has 5 rings (SSSR count). The maximum absolute atomic E-state index is 13.5. The molecule has 0 aliphatic carbocycles. The van der Waals surface area contributed by atoms with Crippen LogP contribution in [0.5, 0.6) is 0 Å². The molecule has 0 N–H and O–H groups in total. The second-order valence-electron chi connectivity index (χ2n) is 8.67. The Hall–Kier alpha value is -3.65. The van der Waals surface area contributed by atoms with Crippen LogP contribution in [0.4, 0.5) is 5.82 Å². The molecule has 2 aromatic carbocycles. The highest BCUT2D eigenvalue weighted by atomic mass is 32.2. The highest BCUT2D eigenvalue weighted by molar-refractivity contribution is 7.99. The topological polar surface area (TPSA) is 71.3 Å². The monoisotopic (exact) mass is 485 g/mol. The van der Waals surface area contributed by atoms with Crippen LogP contribution in [-0.4, -0.2) is 57.3 Å². The van der Waals surface area contributed by atoms with E-state index in [2.05, 4.69) is 9.88 Å². The average molecular weight is 486 g/mol. The molecular weight excluding hydrogens is 458 g/mol. The van der Waals surface area contributed by atoms with Crippen molar-refractivity contribution in [1.29, 1.82) is 0 Å². The molecular formula is C27H27N5O2S. The van der Waals surface area contributed by atoms with Crippen molar-refractivity contribution in [3.05, 3.63) is 88.3 Å². The van der Waals surface area contributed by atoms with Crippen LogP contribution in [0, 0.1) is 13.8 Å². The lowest BCUT2D eigenvalue weighted by molar-refractivity contribution is -0.128. The summed E-state index contributed by atoms with van der Waals surface area (Å²) in [6.45, 7) is 6.85. The van der Waals surface area contributed by atoms with Gasteiger partial charge in [0, 0.05) is 32.4 Å². The number of thioether (sulfide) groups is 1. The summed E-state index contributed by atoms with van der Waals surface area (Å²) in [5.74, 6) is 1.20. The van der Waals surface area contributed by atoms with E-state index >= 15 is 0 Å². The first kappa shape index (κ1) is 23.1. The van der Waals surface area contributed by atoms with E-state index in [1.54, 1.807) is 16.8 Å². The fourth-order valence-corrected chi connectivity index (χ4v) is 5.16. The summed E-state index contributed by atoms with van der Waals surface area (Å²) in [7, 11) is 0. The molecule has 1 amide bonds. The molecule has 2 aromatic heterocycles. The Morgan fingerprint density at radius 2 is 1.71 bits per heavy atom. The maximum atomic E-state index is 13.5. The second-order valence-corrected chi connectivity index (χ2v) is 9.61. The number of carbonyl (C=O) groups excluding carboxylic acids is 1. The number of rotatable bonds is 5. The molecule has 1 aliphatic heterocycles. The molecule has 0 spiro atoms. The van der Waals surface area contributed by atoms with Crippen LogP contribution in [0.25, 0.3) is 16.6 Å². The number of amides is 1. The Bertz CT molecular complexity index is 1430. The van der Waals surface area contributed by atoms with E-state index in [-0.39, 0.29) is 17.2 Å². The number of benzene rings is 2. The molecule has 8 heteroatoms. The summed E-state index contributed by atoms with van der Waals surface area (Å²) in [5.41, 5.74) is 3.52. The molecule has 0 bridgehead atoms. The standard InChI is InChI=1S/C27H27N5O2S/c1-19-10-11-21(17-20(19)2)32-26(34)22-7-3-4-8-23(22)29-27(32)35-18-25(33)31-15-13-30(14-16-31)24-9-5-6-12-28-24/h3-12,17H,13-16,18H2,1-2H3. The van der Waals surface area contributed by atoms with E-state index in [4.69, 9.17) is 4.98 Å². The number of aromatic nitrogens is 3. The zero-order chi connectivity index (χ0) is 24.4. The van der Waals surface area contributed by atoms with Crippen LogP contribution in [-0.2, 0) is 4.79 Å². The number of para-hydroxylation sites is 1. The van der Waals surface area contributed by atoms with E-state index in [0.717, 1.165) is 35.7 Å². The lowest BCUT2D eigenvalue weighted by atomic mass is 10.1.